The molecular formula is C17H20N2. The Labute approximate surface area is 115 Å². The summed E-state index contributed by atoms with van der Waals surface area (Å²) in [4.78, 5) is 6.73. The Balaban J connectivity index is 2.08. The van der Waals surface area contributed by atoms with E-state index >= 15 is 0 Å². The molecule has 2 rings (SSSR count). The van der Waals surface area contributed by atoms with Gasteiger partial charge in [-0.3, -0.25) is 9.88 Å². The Morgan fingerprint density at radius 2 is 1.89 bits per heavy atom. The molecule has 0 saturated heterocycles. The van der Waals surface area contributed by atoms with E-state index in [9.17, 15) is 0 Å². The minimum absolute atomic E-state index is 0.848. The predicted octanol–water partition coefficient (Wildman–Crippen LogP) is 3.58. The maximum atomic E-state index is 4.39. The summed E-state index contributed by atoms with van der Waals surface area (Å²) in [6.07, 6.45) is 3.79. The van der Waals surface area contributed by atoms with Crippen molar-refractivity contribution in [3.63, 3.8) is 0 Å². The summed E-state index contributed by atoms with van der Waals surface area (Å²) in [7, 11) is 0. The molecule has 2 aromatic rings. The zero-order chi connectivity index (χ0) is 13.5. The summed E-state index contributed by atoms with van der Waals surface area (Å²) in [5, 5.41) is 0. The molecule has 1 aromatic heterocycles. The number of aromatic nitrogens is 1. The van der Waals surface area contributed by atoms with Gasteiger partial charge in [0.1, 0.15) is 0 Å². The number of hydrogen-bond donors (Lipinski definition) is 0. The summed E-state index contributed by atoms with van der Waals surface area (Å²) >= 11 is 0. The lowest BCUT2D eigenvalue weighted by molar-refractivity contribution is 0.282. The topological polar surface area (TPSA) is 16.1 Å². The first-order chi connectivity index (χ1) is 9.29. The van der Waals surface area contributed by atoms with Crippen molar-refractivity contribution in [2.24, 2.45) is 0 Å². The van der Waals surface area contributed by atoms with Gasteiger partial charge in [0.2, 0.25) is 0 Å². The van der Waals surface area contributed by atoms with Gasteiger partial charge < -0.3 is 0 Å². The van der Waals surface area contributed by atoms with Crippen LogP contribution >= 0.6 is 0 Å². The van der Waals surface area contributed by atoms with E-state index in [-0.39, 0.29) is 0 Å². The van der Waals surface area contributed by atoms with Crippen molar-refractivity contribution in [1.29, 1.82) is 0 Å². The van der Waals surface area contributed by atoms with Crippen molar-refractivity contribution in [3.05, 3.63) is 78.1 Å². The largest absolute Gasteiger partial charge is 0.290 e. The smallest absolute Gasteiger partial charge is 0.0544 e. The Bertz CT molecular complexity index is 520. The zero-order valence-corrected chi connectivity index (χ0v) is 11.4. The molecule has 0 spiro atoms. The van der Waals surface area contributed by atoms with Gasteiger partial charge in [-0.05, 0) is 30.2 Å². The van der Waals surface area contributed by atoms with E-state index in [2.05, 4.69) is 53.7 Å². The van der Waals surface area contributed by atoms with Crippen molar-refractivity contribution in [1.82, 2.24) is 9.88 Å². The van der Waals surface area contributed by atoms with Crippen LogP contribution in [0.1, 0.15) is 16.8 Å². The molecule has 0 aliphatic heterocycles. The lowest BCUT2D eigenvalue weighted by atomic mass is 10.1. The third-order valence-electron chi connectivity index (χ3n) is 3.15. The number of pyridine rings is 1. The average molecular weight is 252 g/mol. The molecule has 0 bridgehead atoms. The first kappa shape index (κ1) is 13.5. The Kier molecular flexibility index (Phi) is 4.87. The van der Waals surface area contributed by atoms with E-state index in [0.717, 1.165) is 25.3 Å². The van der Waals surface area contributed by atoms with Gasteiger partial charge in [-0.2, -0.15) is 0 Å². The van der Waals surface area contributed by atoms with E-state index in [1.54, 1.807) is 0 Å². The first-order valence-corrected chi connectivity index (χ1v) is 6.57. The molecule has 2 heteroatoms. The Morgan fingerprint density at radius 1 is 1.11 bits per heavy atom. The normalized spacial score (nSPS) is 10.6. The molecule has 0 fully saturated rings. The fourth-order valence-electron chi connectivity index (χ4n) is 2.12. The molecule has 0 aliphatic rings. The van der Waals surface area contributed by atoms with Crippen molar-refractivity contribution >= 4 is 0 Å². The quantitative estimate of drug-likeness (QED) is 0.731. The van der Waals surface area contributed by atoms with Crippen molar-refractivity contribution in [2.45, 2.75) is 20.0 Å². The second-order valence-electron chi connectivity index (χ2n) is 4.71. The predicted molar refractivity (Wildman–Crippen MR) is 79.7 cm³/mol. The van der Waals surface area contributed by atoms with E-state index in [1.807, 2.05) is 24.4 Å². The number of nitrogens with zero attached hydrogens (tertiary/aromatic N) is 2. The number of benzene rings is 1. The Morgan fingerprint density at radius 3 is 2.58 bits per heavy atom. The summed E-state index contributed by atoms with van der Waals surface area (Å²) < 4.78 is 0. The summed E-state index contributed by atoms with van der Waals surface area (Å²) in [6, 6.07) is 14.6. The van der Waals surface area contributed by atoms with E-state index in [0.29, 0.717) is 0 Å². The average Bonchev–Trinajstić information content (AvgIpc) is 2.43. The molecule has 1 heterocycles. The fourth-order valence-corrected chi connectivity index (χ4v) is 2.12. The molecule has 0 aliphatic carbocycles. The number of rotatable bonds is 6. The van der Waals surface area contributed by atoms with Crippen LogP contribution in [0.15, 0.2) is 61.3 Å². The molecule has 0 saturated carbocycles. The van der Waals surface area contributed by atoms with Crippen LogP contribution in [0.4, 0.5) is 0 Å². The summed E-state index contributed by atoms with van der Waals surface area (Å²) in [5.74, 6) is 0. The van der Waals surface area contributed by atoms with Gasteiger partial charge in [-0.25, -0.2) is 0 Å². The van der Waals surface area contributed by atoms with Gasteiger partial charge in [0.25, 0.3) is 0 Å². The maximum absolute atomic E-state index is 4.39. The molecule has 1 aromatic carbocycles. The SMILES string of the molecule is C=CCN(Cc1ccccn1)Cc1ccccc1C. The van der Waals surface area contributed by atoms with E-state index in [1.165, 1.54) is 11.1 Å². The molecule has 0 N–H and O–H groups in total. The second-order valence-corrected chi connectivity index (χ2v) is 4.71. The van der Waals surface area contributed by atoms with Crippen LogP contribution < -0.4 is 0 Å². The van der Waals surface area contributed by atoms with Gasteiger partial charge in [-0.1, -0.05) is 36.4 Å². The highest BCUT2D eigenvalue weighted by atomic mass is 15.1. The van der Waals surface area contributed by atoms with Gasteiger partial charge in [-0.15, -0.1) is 6.58 Å². The van der Waals surface area contributed by atoms with Crippen LogP contribution in [0.25, 0.3) is 0 Å². The van der Waals surface area contributed by atoms with Crippen LogP contribution in [0.3, 0.4) is 0 Å². The third kappa shape index (κ3) is 4.04. The summed E-state index contributed by atoms with van der Waals surface area (Å²) in [5.41, 5.74) is 3.79. The Hall–Kier alpha value is -1.93. The van der Waals surface area contributed by atoms with Gasteiger partial charge >= 0.3 is 0 Å². The minimum atomic E-state index is 0.848. The van der Waals surface area contributed by atoms with E-state index in [4.69, 9.17) is 0 Å². The lowest BCUT2D eigenvalue weighted by Gasteiger charge is -2.21. The van der Waals surface area contributed by atoms with Crippen LogP contribution in [0.2, 0.25) is 0 Å². The monoisotopic (exact) mass is 252 g/mol. The first-order valence-electron chi connectivity index (χ1n) is 6.57. The van der Waals surface area contributed by atoms with Crippen LogP contribution in [-0.4, -0.2) is 16.4 Å². The summed E-state index contributed by atoms with van der Waals surface area (Å²) in [6.45, 7) is 8.64. The van der Waals surface area contributed by atoms with Crippen molar-refractivity contribution in [3.8, 4) is 0 Å². The van der Waals surface area contributed by atoms with Crippen LogP contribution in [-0.2, 0) is 13.1 Å². The van der Waals surface area contributed by atoms with E-state index < -0.39 is 0 Å². The van der Waals surface area contributed by atoms with Gasteiger partial charge in [0.05, 0.1) is 5.69 Å². The molecule has 0 unspecified atom stereocenters. The number of aryl methyl sites for hydroxylation is 1. The lowest BCUT2D eigenvalue weighted by Crippen LogP contribution is -2.23. The molecule has 0 radical (unpaired) electrons. The third-order valence-corrected chi connectivity index (χ3v) is 3.15. The maximum Gasteiger partial charge on any atom is 0.0544 e. The highest BCUT2D eigenvalue weighted by Gasteiger charge is 2.07. The highest BCUT2D eigenvalue weighted by Crippen LogP contribution is 2.12. The van der Waals surface area contributed by atoms with Gasteiger partial charge in [0, 0.05) is 25.8 Å². The standard InChI is InChI=1S/C17H20N2/c1-3-12-19(14-17-10-6-7-11-18-17)13-16-9-5-4-8-15(16)2/h3-11H,1,12-14H2,2H3. The molecule has 0 atom stereocenters. The molecule has 2 nitrogen and oxygen atoms in total. The van der Waals surface area contributed by atoms with Crippen molar-refractivity contribution in [2.75, 3.05) is 6.54 Å². The zero-order valence-electron chi connectivity index (χ0n) is 11.4. The number of hydrogen-bond acceptors (Lipinski definition) is 2. The minimum Gasteiger partial charge on any atom is -0.290 e. The molecular weight excluding hydrogens is 232 g/mol. The second kappa shape index (κ2) is 6.86. The van der Waals surface area contributed by atoms with Crippen molar-refractivity contribution < 1.29 is 0 Å². The fraction of sp³-hybridized carbons (Fsp3) is 0.235. The van der Waals surface area contributed by atoms with Crippen LogP contribution in [0, 0.1) is 6.92 Å². The van der Waals surface area contributed by atoms with Crippen LogP contribution in [0.5, 0.6) is 0 Å². The van der Waals surface area contributed by atoms with Gasteiger partial charge in [0.15, 0.2) is 0 Å². The highest BCUT2D eigenvalue weighted by molar-refractivity contribution is 5.25. The molecule has 19 heavy (non-hydrogen) atoms. The molecule has 0 amide bonds. The molecule has 98 valence electrons.